The number of fused-ring (bicyclic) bond motifs is 1. The highest BCUT2D eigenvalue weighted by atomic mass is 16.5. The van der Waals surface area contributed by atoms with E-state index in [0.717, 1.165) is 60.9 Å². The average molecular weight is 461 g/mol. The number of hydrogen-bond acceptors (Lipinski definition) is 5. The topological polar surface area (TPSA) is 63.3 Å². The third-order valence-electron chi connectivity index (χ3n) is 6.38. The lowest BCUT2D eigenvalue weighted by Gasteiger charge is -2.23. The zero-order chi connectivity index (χ0) is 23.3. The lowest BCUT2D eigenvalue weighted by Crippen LogP contribution is -2.20. The van der Waals surface area contributed by atoms with E-state index >= 15 is 0 Å². The molecule has 4 aromatic rings. The van der Waals surface area contributed by atoms with Crippen LogP contribution in [0.1, 0.15) is 38.4 Å². The molecule has 0 spiro atoms. The van der Waals surface area contributed by atoms with E-state index in [2.05, 4.69) is 41.0 Å². The summed E-state index contributed by atoms with van der Waals surface area (Å²) >= 11 is 0. The van der Waals surface area contributed by atoms with Crippen LogP contribution in [0.25, 0.3) is 27.8 Å². The Labute approximate surface area is 200 Å². The molecule has 1 saturated heterocycles. The van der Waals surface area contributed by atoms with E-state index in [4.69, 9.17) is 19.3 Å². The van der Waals surface area contributed by atoms with E-state index in [1.807, 2.05) is 42.1 Å². The molecule has 3 heterocycles. The van der Waals surface area contributed by atoms with Crippen molar-refractivity contribution in [1.82, 2.24) is 19.6 Å². The molecule has 2 aromatic carbocycles. The Bertz CT molecular complexity index is 1220. The standard InChI is InChI=1S/C27H32N4O3/c1-3-25-24-10-5-20(19-27(24)31(29-25)22-12-15-33-16-13-22)26-11-14-28-30(26)21-6-8-23(9-7-21)34-18-17-32-4-2/h5-11,14,19,22H,3-4,12-13,15-18H2,1-2H3. The number of aromatic nitrogens is 4. The van der Waals surface area contributed by atoms with Crippen molar-refractivity contribution in [3.8, 4) is 22.7 Å². The minimum absolute atomic E-state index is 0.381. The number of ether oxygens (including phenoxy) is 3. The first-order valence-corrected chi connectivity index (χ1v) is 12.2. The third kappa shape index (κ3) is 4.58. The number of aryl methyl sites for hydroxylation is 1. The summed E-state index contributed by atoms with van der Waals surface area (Å²) in [6, 6.07) is 17.1. The molecule has 0 N–H and O–H groups in total. The van der Waals surface area contributed by atoms with Gasteiger partial charge in [-0.2, -0.15) is 10.2 Å². The smallest absolute Gasteiger partial charge is 0.119 e. The predicted molar refractivity (Wildman–Crippen MR) is 133 cm³/mol. The minimum Gasteiger partial charge on any atom is -0.491 e. The molecule has 0 bridgehead atoms. The first kappa shape index (κ1) is 22.6. The highest BCUT2D eigenvalue weighted by Gasteiger charge is 2.21. The molecule has 1 aliphatic rings. The Balaban J connectivity index is 1.44. The molecule has 0 aliphatic carbocycles. The fraction of sp³-hybridized carbons (Fsp3) is 0.407. The molecule has 1 aliphatic heterocycles. The van der Waals surface area contributed by atoms with Gasteiger partial charge in [-0.1, -0.05) is 19.1 Å². The Morgan fingerprint density at radius 2 is 1.82 bits per heavy atom. The van der Waals surface area contributed by atoms with Gasteiger partial charge in [0.05, 0.1) is 41.4 Å². The van der Waals surface area contributed by atoms with Gasteiger partial charge < -0.3 is 14.2 Å². The molecule has 2 aromatic heterocycles. The van der Waals surface area contributed by atoms with Gasteiger partial charge >= 0.3 is 0 Å². The number of rotatable bonds is 9. The molecule has 1 fully saturated rings. The van der Waals surface area contributed by atoms with Gasteiger partial charge in [0, 0.05) is 30.8 Å². The summed E-state index contributed by atoms with van der Waals surface area (Å²) in [4.78, 5) is 0. The quantitative estimate of drug-likeness (QED) is 0.321. The maximum Gasteiger partial charge on any atom is 0.119 e. The van der Waals surface area contributed by atoms with Gasteiger partial charge in [0.15, 0.2) is 0 Å². The van der Waals surface area contributed by atoms with Crippen molar-refractivity contribution in [1.29, 1.82) is 0 Å². The zero-order valence-electron chi connectivity index (χ0n) is 19.9. The average Bonchev–Trinajstić information content (AvgIpc) is 3.52. The van der Waals surface area contributed by atoms with Crippen molar-refractivity contribution in [3.05, 3.63) is 60.4 Å². The van der Waals surface area contributed by atoms with E-state index in [9.17, 15) is 0 Å². The Morgan fingerprint density at radius 1 is 1.00 bits per heavy atom. The van der Waals surface area contributed by atoms with Crippen LogP contribution >= 0.6 is 0 Å². The second-order valence-electron chi connectivity index (χ2n) is 8.49. The van der Waals surface area contributed by atoms with Crippen LogP contribution < -0.4 is 4.74 Å². The van der Waals surface area contributed by atoms with Crippen LogP contribution in [-0.2, 0) is 15.9 Å². The van der Waals surface area contributed by atoms with Gasteiger partial charge in [-0.25, -0.2) is 4.68 Å². The first-order valence-electron chi connectivity index (χ1n) is 12.2. The van der Waals surface area contributed by atoms with Gasteiger partial charge in [0.25, 0.3) is 0 Å². The normalized spacial score (nSPS) is 14.6. The lowest BCUT2D eigenvalue weighted by atomic mass is 10.1. The van der Waals surface area contributed by atoms with Crippen molar-refractivity contribution in [2.45, 2.75) is 39.2 Å². The molecular formula is C27H32N4O3. The monoisotopic (exact) mass is 460 g/mol. The van der Waals surface area contributed by atoms with Crippen LogP contribution in [0, 0.1) is 0 Å². The molecule has 7 heteroatoms. The van der Waals surface area contributed by atoms with Gasteiger partial charge in [-0.15, -0.1) is 0 Å². The molecule has 0 atom stereocenters. The summed E-state index contributed by atoms with van der Waals surface area (Å²) in [7, 11) is 0. The molecule has 178 valence electrons. The van der Waals surface area contributed by atoms with Crippen molar-refractivity contribution >= 4 is 10.9 Å². The second kappa shape index (κ2) is 10.4. The highest BCUT2D eigenvalue weighted by molar-refractivity contribution is 5.86. The predicted octanol–water partition coefficient (Wildman–Crippen LogP) is 5.22. The van der Waals surface area contributed by atoms with Gasteiger partial charge in [0.1, 0.15) is 12.4 Å². The Morgan fingerprint density at radius 3 is 2.59 bits per heavy atom. The summed E-state index contributed by atoms with van der Waals surface area (Å²) in [6.07, 6.45) is 4.77. The van der Waals surface area contributed by atoms with Gasteiger partial charge in [0.2, 0.25) is 0 Å². The van der Waals surface area contributed by atoms with E-state index in [-0.39, 0.29) is 0 Å². The summed E-state index contributed by atoms with van der Waals surface area (Å²) in [5.41, 5.74) is 5.50. The molecule has 5 rings (SSSR count). The Kier molecular flexibility index (Phi) is 6.92. The second-order valence-corrected chi connectivity index (χ2v) is 8.49. The van der Waals surface area contributed by atoms with Crippen LogP contribution in [-0.4, -0.2) is 52.6 Å². The zero-order valence-corrected chi connectivity index (χ0v) is 19.9. The van der Waals surface area contributed by atoms with Crippen LogP contribution in [0.4, 0.5) is 0 Å². The van der Waals surface area contributed by atoms with Crippen LogP contribution in [0.2, 0.25) is 0 Å². The molecular weight excluding hydrogens is 428 g/mol. The summed E-state index contributed by atoms with van der Waals surface area (Å²) in [6.45, 7) is 7.58. The van der Waals surface area contributed by atoms with Gasteiger partial charge in [-0.05, 0) is 62.6 Å². The molecule has 7 nitrogen and oxygen atoms in total. The SMILES string of the molecule is CCOCCOc1ccc(-n2nccc2-c2ccc3c(CC)nn(C4CCOCC4)c3c2)cc1. The van der Waals surface area contributed by atoms with Crippen LogP contribution in [0.15, 0.2) is 54.7 Å². The van der Waals surface area contributed by atoms with Crippen molar-refractivity contribution in [3.63, 3.8) is 0 Å². The molecule has 0 radical (unpaired) electrons. The first-order chi connectivity index (χ1) is 16.8. The third-order valence-corrected chi connectivity index (χ3v) is 6.38. The van der Waals surface area contributed by atoms with E-state index in [1.54, 1.807) is 0 Å². The summed E-state index contributed by atoms with van der Waals surface area (Å²) in [5.74, 6) is 0.825. The van der Waals surface area contributed by atoms with Crippen molar-refractivity contribution in [2.75, 3.05) is 33.0 Å². The molecule has 34 heavy (non-hydrogen) atoms. The maximum absolute atomic E-state index is 5.75. The fourth-order valence-corrected chi connectivity index (χ4v) is 4.61. The molecule has 0 saturated carbocycles. The fourth-order valence-electron chi connectivity index (χ4n) is 4.61. The molecule has 0 amide bonds. The highest BCUT2D eigenvalue weighted by Crippen LogP contribution is 2.32. The number of nitrogens with zero attached hydrogens (tertiary/aromatic N) is 4. The number of benzene rings is 2. The van der Waals surface area contributed by atoms with E-state index in [1.165, 1.54) is 10.9 Å². The van der Waals surface area contributed by atoms with Crippen molar-refractivity contribution < 1.29 is 14.2 Å². The largest absolute Gasteiger partial charge is 0.491 e. The maximum atomic E-state index is 5.75. The van der Waals surface area contributed by atoms with E-state index in [0.29, 0.717) is 25.9 Å². The number of hydrogen-bond donors (Lipinski definition) is 0. The van der Waals surface area contributed by atoms with Crippen LogP contribution in [0.3, 0.4) is 0 Å². The van der Waals surface area contributed by atoms with E-state index < -0.39 is 0 Å². The Hall–Kier alpha value is -3.16. The molecule has 0 unspecified atom stereocenters. The summed E-state index contributed by atoms with van der Waals surface area (Å²) in [5, 5.41) is 10.8. The van der Waals surface area contributed by atoms with Gasteiger partial charge in [-0.3, -0.25) is 4.68 Å². The van der Waals surface area contributed by atoms with Crippen molar-refractivity contribution in [2.24, 2.45) is 0 Å². The van der Waals surface area contributed by atoms with Crippen LogP contribution in [0.5, 0.6) is 5.75 Å². The minimum atomic E-state index is 0.381. The summed E-state index contributed by atoms with van der Waals surface area (Å²) < 4.78 is 20.9. The lowest BCUT2D eigenvalue weighted by molar-refractivity contribution is 0.0674.